The molecule has 0 aliphatic carbocycles. The van der Waals surface area contributed by atoms with Crippen LogP contribution < -0.4 is 4.74 Å². The number of carboxylic acid groups (broad SMARTS) is 1. The highest BCUT2D eigenvalue weighted by Crippen LogP contribution is 2.27. The van der Waals surface area contributed by atoms with E-state index in [4.69, 9.17) is 33.0 Å². The molecule has 0 aliphatic rings. The predicted octanol–water partition coefficient (Wildman–Crippen LogP) is 4.41. The molecule has 0 aliphatic heterocycles. The fraction of sp³-hybridized carbons (Fsp3) is 0.0714. The van der Waals surface area contributed by atoms with Gasteiger partial charge in [-0.05, 0) is 30.3 Å². The Morgan fingerprint density at radius 3 is 2.55 bits per heavy atom. The van der Waals surface area contributed by atoms with Crippen LogP contribution in [0.5, 0.6) is 5.75 Å². The summed E-state index contributed by atoms with van der Waals surface area (Å²) in [5, 5.41) is 9.72. The molecule has 0 saturated heterocycles. The molecule has 0 heterocycles. The van der Waals surface area contributed by atoms with Crippen LogP contribution in [-0.4, -0.2) is 11.1 Å². The third-order valence-electron chi connectivity index (χ3n) is 2.58. The van der Waals surface area contributed by atoms with E-state index >= 15 is 0 Å². The van der Waals surface area contributed by atoms with Gasteiger partial charge in [0.05, 0.1) is 15.6 Å². The Morgan fingerprint density at radius 2 is 1.90 bits per heavy atom. The smallest absolute Gasteiger partial charge is 0.336 e. The highest BCUT2D eigenvalue weighted by atomic mass is 35.5. The maximum Gasteiger partial charge on any atom is 0.336 e. The van der Waals surface area contributed by atoms with Crippen LogP contribution in [0.2, 0.25) is 10.0 Å². The van der Waals surface area contributed by atoms with Gasteiger partial charge in [-0.1, -0.05) is 23.2 Å². The molecule has 1 N–H and O–H groups in total. The SMILES string of the molecule is O=C(O)c1ccc(F)cc1COc1ccc(Cl)c(Cl)c1. The molecule has 0 aromatic heterocycles. The van der Waals surface area contributed by atoms with Crippen molar-refractivity contribution in [3.8, 4) is 5.75 Å². The van der Waals surface area contributed by atoms with E-state index < -0.39 is 11.8 Å². The van der Waals surface area contributed by atoms with Gasteiger partial charge < -0.3 is 9.84 Å². The fourth-order valence-electron chi connectivity index (χ4n) is 1.62. The van der Waals surface area contributed by atoms with Gasteiger partial charge in [0.2, 0.25) is 0 Å². The molecule has 104 valence electrons. The Bertz CT molecular complexity index is 659. The van der Waals surface area contributed by atoms with Crippen molar-refractivity contribution in [1.29, 1.82) is 0 Å². The van der Waals surface area contributed by atoms with Crippen molar-refractivity contribution >= 4 is 29.2 Å². The van der Waals surface area contributed by atoms with Crippen molar-refractivity contribution in [2.24, 2.45) is 0 Å². The van der Waals surface area contributed by atoms with Crippen LogP contribution in [0.25, 0.3) is 0 Å². The zero-order valence-corrected chi connectivity index (χ0v) is 11.6. The molecular formula is C14H9Cl2FO3. The van der Waals surface area contributed by atoms with Crippen molar-refractivity contribution in [2.45, 2.75) is 6.61 Å². The van der Waals surface area contributed by atoms with Crippen LogP contribution in [0.15, 0.2) is 36.4 Å². The molecule has 0 atom stereocenters. The Hall–Kier alpha value is -1.78. The van der Waals surface area contributed by atoms with Crippen LogP contribution in [-0.2, 0) is 6.61 Å². The van der Waals surface area contributed by atoms with Crippen LogP contribution in [0.4, 0.5) is 4.39 Å². The zero-order chi connectivity index (χ0) is 14.7. The van der Waals surface area contributed by atoms with E-state index in [9.17, 15) is 9.18 Å². The standard InChI is InChI=1S/C14H9Cl2FO3/c15-12-4-2-10(6-13(12)16)20-7-8-5-9(17)1-3-11(8)14(18)19/h1-6H,7H2,(H,18,19). The van der Waals surface area contributed by atoms with E-state index in [2.05, 4.69) is 0 Å². The molecule has 0 fully saturated rings. The second-order valence-corrected chi connectivity index (χ2v) is 4.79. The summed E-state index contributed by atoms with van der Waals surface area (Å²) in [6.45, 7) is -0.0860. The number of aromatic carboxylic acids is 1. The predicted molar refractivity (Wildman–Crippen MR) is 74.2 cm³/mol. The van der Waals surface area contributed by atoms with Crippen LogP contribution in [0.1, 0.15) is 15.9 Å². The highest BCUT2D eigenvalue weighted by molar-refractivity contribution is 6.42. The molecule has 6 heteroatoms. The average Bonchev–Trinajstić information content (AvgIpc) is 2.40. The Balaban J connectivity index is 2.20. The lowest BCUT2D eigenvalue weighted by Gasteiger charge is -2.09. The molecule has 2 aromatic rings. The van der Waals surface area contributed by atoms with E-state index in [0.29, 0.717) is 15.8 Å². The van der Waals surface area contributed by atoms with E-state index in [1.807, 2.05) is 0 Å². The van der Waals surface area contributed by atoms with Gasteiger partial charge in [-0.2, -0.15) is 0 Å². The molecule has 2 rings (SSSR count). The first kappa shape index (κ1) is 14.6. The Labute approximate surface area is 124 Å². The van der Waals surface area contributed by atoms with Gasteiger partial charge in [-0.3, -0.25) is 0 Å². The lowest BCUT2D eigenvalue weighted by Crippen LogP contribution is -2.06. The van der Waals surface area contributed by atoms with Crippen molar-refractivity contribution in [3.63, 3.8) is 0 Å². The molecule has 20 heavy (non-hydrogen) atoms. The average molecular weight is 315 g/mol. The van der Waals surface area contributed by atoms with Gasteiger partial charge in [-0.25, -0.2) is 9.18 Å². The van der Waals surface area contributed by atoms with Crippen molar-refractivity contribution in [3.05, 3.63) is 63.4 Å². The summed E-state index contributed by atoms with van der Waals surface area (Å²) in [7, 11) is 0. The number of rotatable bonds is 4. The number of carbonyl (C=O) groups is 1. The first-order chi connectivity index (χ1) is 9.47. The van der Waals surface area contributed by atoms with Crippen LogP contribution in [0.3, 0.4) is 0 Å². The van der Waals surface area contributed by atoms with Crippen LogP contribution >= 0.6 is 23.2 Å². The summed E-state index contributed by atoms with van der Waals surface area (Å²) in [6, 6.07) is 8.07. The normalized spacial score (nSPS) is 10.3. The topological polar surface area (TPSA) is 46.5 Å². The summed E-state index contributed by atoms with van der Waals surface area (Å²) in [5.41, 5.74) is 0.232. The number of hydrogen-bond acceptors (Lipinski definition) is 2. The number of hydrogen-bond donors (Lipinski definition) is 1. The van der Waals surface area contributed by atoms with Crippen molar-refractivity contribution in [1.82, 2.24) is 0 Å². The molecule has 0 radical (unpaired) electrons. The minimum absolute atomic E-state index is 0.00791. The number of carboxylic acids is 1. The number of halogens is 3. The lowest BCUT2D eigenvalue weighted by molar-refractivity contribution is 0.0694. The zero-order valence-electron chi connectivity index (χ0n) is 10.1. The molecule has 0 spiro atoms. The minimum Gasteiger partial charge on any atom is -0.489 e. The molecule has 0 saturated carbocycles. The first-order valence-electron chi connectivity index (χ1n) is 5.57. The van der Waals surface area contributed by atoms with E-state index in [1.54, 1.807) is 12.1 Å². The summed E-state index contributed by atoms with van der Waals surface area (Å²) in [5.74, 6) is -1.25. The fourth-order valence-corrected chi connectivity index (χ4v) is 1.91. The van der Waals surface area contributed by atoms with Gasteiger partial charge in [0.15, 0.2) is 0 Å². The van der Waals surface area contributed by atoms with Crippen LogP contribution in [0, 0.1) is 5.82 Å². The Morgan fingerprint density at radius 1 is 1.15 bits per heavy atom. The third-order valence-corrected chi connectivity index (χ3v) is 3.32. The molecule has 0 bridgehead atoms. The number of ether oxygens (including phenoxy) is 1. The van der Waals surface area contributed by atoms with Gasteiger partial charge in [0, 0.05) is 11.6 Å². The summed E-state index contributed by atoms with van der Waals surface area (Å²) < 4.78 is 18.6. The van der Waals surface area contributed by atoms with Crippen molar-refractivity contribution < 1.29 is 19.0 Å². The third kappa shape index (κ3) is 3.40. The van der Waals surface area contributed by atoms with E-state index in [-0.39, 0.29) is 17.7 Å². The number of benzene rings is 2. The molecule has 0 unspecified atom stereocenters. The van der Waals surface area contributed by atoms with Gasteiger partial charge in [0.1, 0.15) is 18.2 Å². The first-order valence-corrected chi connectivity index (χ1v) is 6.32. The molecule has 3 nitrogen and oxygen atoms in total. The monoisotopic (exact) mass is 314 g/mol. The minimum atomic E-state index is -1.14. The quantitative estimate of drug-likeness (QED) is 0.909. The van der Waals surface area contributed by atoms with Crippen molar-refractivity contribution in [2.75, 3.05) is 0 Å². The van der Waals surface area contributed by atoms with Gasteiger partial charge in [-0.15, -0.1) is 0 Å². The van der Waals surface area contributed by atoms with Gasteiger partial charge >= 0.3 is 5.97 Å². The maximum atomic E-state index is 13.2. The summed E-state index contributed by atoms with van der Waals surface area (Å²) in [6.07, 6.45) is 0. The highest BCUT2D eigenvalue weighted by Gasteiger charge is 2.11. The van der Waals surface area contributed by atoms with E-state index in [0.717, 1.165) is 12.1 Å². The second-order valence-electron chi connectivity index (χ2n) is 3.97. The second kappa shape index (κ2) is 6.11. The summed E-state index contributed by atoms with van der Waals surface area (Å²) in [4.78, 5) is 11.0. The van der Waals surface area contributed by atoms with E-state index in [1.165, 1.54) is 12.1 Å². The Kier molecular flexibility index (Phi) is 4.47. The maximum absolute atomic E-state index is 13.2. The van der Waals surface area contributed by atoms with Gasteiger partial charge in [0.25, 0.3) is 0 Å². The largest absolute Gasteiger partial charge is 0.489 e. The summed E-state index contributed by atoms with van der Waals surface area (Å²) >= 11 is 11.6. The molecule has 2 aromatic carbocycles. The molecular weight excluding hydrogens is 306 g/mol. The lowest BCUT2D eigenvalue weighted by atomic mass is 10.1. The molecule has 0 amide bonds.